The van der Waals surface area contributed by atoms with Crippen molar-refractivity contribution in [3.05, 3.63) is 295 Å². The number of benzene rings is 10. The van der Waals surface area contributed by atoms with E-state index in [-0.39, 0.29) is 159 Å². The Labute approximate surface area is 777 Å². The van der Waals surface area contributed by atoms with Gasteiger partial charge in [0.15, 0.2) is 22.2 Å². The average Bonchev–Trinajstić information content (AvgIpc) is 0.985. The third-order valence-corrected chi connectivity index (χ3v) is 22.9. The molecule has 5 aliphatic rings. The number of ether oxygens (including phenoxy) is 2. The summed E-state index contributed by atoms with van der Waals surface area (Å²) < 4.78 is 23.3. The van der Waals surface area contributed by atoms with Gasteiger partial charge in [0, 0.05) is 137 Å². The number of nitrogens with two attached hydrogens (primary N) is 3. The average molecular weight is 1870 g/mol. The molecule has 4 aromatic heterocycles. The number of H-pyrrole nitrogens is 2. The predicted octanol–water partition coefficient (Wildman–Crippen LogP) is 11.6. The van der Waals surface area contributed by atoms with Gasteiger partial charge in [-0.2, -0.15) is 43.5 Å². The summed E-state index contributed by atoms with van der Waals surface area (Å²) >= 11 is 2.36. The standard InChI is InChI=1S/C46H38N8O9S.C29H22N2O10S.C21H21N7O2/c47-46-53-42-41(50-24-51-42)44(54-46)62-22-27-3-1-25(2-4-27)21-49-43(59)28-7-5-26(6-8-28)20-48-38(57)15-16-64-23-39(58)52-29-9-12-32(35(17-29)45(60)61)40-33-13-10-30(55)18-36(33)63-37-19-31(56)11-14-34(37)40;32-16-2-5-19-22(12-16)40-23-13-17(33)3-6-20(23)28(19)18-4-1-15(11-21(18)29(38)39)30-24(34)14-42-10-9-27(37)41-31-25(35)7-8-26(31)36;22-9-13-5-7-16(8-6-13)19(29)24-10-14-1-3-15(4-2-14)11-30-20-17-18(26-12-25-17)27-21(23)28-20/h1-14,17-19,24,55H,15-16,20-23H2,(H,48,57)(H,49,59)(H,52,58)(H,60,61)(H3,47,50,51,53,54);1-6,11-13,32H,7-10,14H2,(H,30,34)(H,38,39);1-8,12H,9-11,22H2,(H,24,29)(H3,23,25,26,27,28). The molecule has 8 aromatic carbocycles. The van der Waals surface area contributed by atoms with Crippen molar-refractivity contribution in [1.29, 1.82) is 0 Å². The number of fused-ring (bicyclic) bond motifs is 6. The number of carbonyl (C=O) groups is 10. The number of phenols is 2. The zero-order chi connectivity index (χ0) is 95.6. The third kappa shape index (κ3) is 23.3. The number of amides is 7. The molecule has 38 nitrogen and oxygen atoms in total. The molecule has 3 aliphatic heterocycles. The summed E-state index contributed by atoms with van der Waals surface area (Å²) in [5.74, 6) is -4.21. The molecule has 17 N–H and O–H groups in total. The van der Waals surface area contributed by atoms with E-state index in [9.17, 15) is 78.0 Å². The fraction of sp³-hybridized carbons (Fsp3) is 0.146. The van der Waals surface area contributed by atoms with Crippen molar-refractivity contribution in [3.8, 4) is 68.2 Å². The summed E-state index contributed by atoms with van der Waals surface area (Å²) in [6, 6.07) is 55.6. The number of anilines is 4. The molecular weight excluding hydrogens is 1790 g/mol. The number of hydroxylamine groups is 2. The second-order valence-corrected chi connectivity index (χ2v) is 32.6. The molecule has 688 valence electrons. The van der Waals surface area contributed by atoms with Crippen molar-refractivity contribution in [3.63, 3.8) is 0 Å². The minimum absolute atomic E-state index is 0.00717. The highest BCUT2D eigenvalue weighted by Crippen LogP contribution is 2.45. The van der Waals surface area contributed by atoms with Gasteiger partial charge in [0.2, 0.25) is 41.4 Å². The first-order chi connectivity index (χ1) is 65.7. The zero-order valence-electron chi connectivity index (χ0n) is 71.6. The van der Waals surface area contributed by atoms with Crippen LogP contribution in [-0.2, 0) is 73.0 Å². The van der Waals surface area contributed by atoms with Gasteiger partial charge in [-0.05, 0) is 142 Å². The number of carboxylic acid groups (broad SMARTS) is 2. The minimum atomic E-state index is -1.26. The number of thioether (sulfide) groups is 2. The number of aromatic carboxylic acids is 2. The van der Waals surface area contributed by atoms with E-state index < -0.39 is 35.6 Å². The SMILES string of the molecule is NCc1ccc(C(=O)NCc2ccc(COc3nc(N)nc4nc[nH]c34)cc2)cc1.Nc1nc(OCc2ccc(CNC(=O)c3ccc(CNC(=O)CCSCC(=O)Nc4ccc(-c5c6ccc(=O)cc-6oc6cc(O)ccc56)c(C(=O)O)c4)cc3)cc2)c2[nH]cnc2n1.O=C(CSCCC(=O)ON1C(=O)CCC1=O)Nc1ccc(-c2c3ccc(=O)cc-3oc3cc(O)ccc23)c(C(=O)O)c1. The molecule has 17 rings (SSSR count). The first-order valence-corrected chi connectivity index (χ1v) is 44.0. The van der Waals surface area contributed by atoms with Crippen LogP contribution in [-0.4, -0.2) is 148 Å². The number of aromatic amines is 2. The highest BCUT2D eigenvalue weighted by Gasteiger charge is 2.33. The third-order valence-electron chi connectivity index (χ3n) is 20.9. The zero-order valence-corrected chi connectivity index (χ0v) is 73.2. The Hall–Kier alpha value is -17.4. The van der Waals surface area contributed by atoms with Crippen LogP contribution in [0.4, 0.5) is 23.3 Å². The lowest BCUT2D eigenvalue weighted by Gasteiger charge is -2.17. The summed E-state index contributed by atoms with van der Waals surface area (Å²) in [6.45, 7) is 2.00. The van der Waals surface area contributed by atoms with E-state index in [1.807, 2.05) is 60.7 Å². The Morgan fingerprint density at radius 2 is 0.853 bits per heavy atom. The topological polar surface area (TPSA) is 590 Å². The van der Waals surface area contributed by atoms with Crippen LogP contribution < -0.4 is 64.1 Å². The van der Waals surface area contributed by atoms with Crippen molar-refractivity contribution in [2.24, 2.45) is 5.73 Å². The van der Waals surface area contributed by atoms with Gasteiger partial charge in [-0.1, -0.05) is 84.9 Å². The number of nitrogens with zero attached hydrogens (tertiary/aromatic N) is 7. The highest BCUT2D eigenvalue weighted by atomic mass is 32.2. The Balaban J connectivity index is 0.000000168. The van der Waals surface area contributed by atoms with E-state index in [0.29, 0.717) is 126 Å². The van der Waals surface area contributed by atoms with E-state index in [2.05, 4.69) is 66.5 Å². The predicted molar refractivity (Wildman–Crippen MR) is 503 cm³/mol. The summed E-state index contributed by atoms with van der Waals surface area (Å²) in [6.07, 6.45) is 3.02. The molecule has 7 heterocycles. The number of carbonyl (C=O) groups excluding carboxylic acids is 8. The lowest BCUT2D eigenvalue weighted by Crippen LogP contribution is -2.32. The lowest BCUT2D eigenvalue weighted by molar-refractivity contribution is -0.197. The van der Waals surface area contributed by atoms with Crippen molar-refractivity contribution in [2.45, 2.75) is 65.1 Å². The number of aromatic hydroxyl groups is 2. The molecule has 2 aliphatic carbocycles. The van der Waals surface area contributed by atoms with Gasteiger partial charge in [0.05, 0.1) is 41.7 Å². The van der Waals surface area contributed by atoms with Crippen LogP contribution in [0.3, 0.4) is 0 Å². The largest absolute Gasteiger partial charge is 0.508 e. The number of aromatic nitrogens is 8. The summed E-state index contributed by atoms with van der Waals surface area (Å²) in [7, 11) is 0. The number of phenolic OH excluding ortho intramolecular Hbond substituents is 2. The van der Waals surface area contributed by atoms with Gasteiger partial charge in [-0.15, -0.1) is 5.06 Å². The van der Waals surface area contributed by atoms with Crippen LogP contribution in [0, 0.1) is 0 Å². The number of hydrogen-bond acceptors (Lipinski definition) is 30. The maximum atomic E-state index is 12.8. The molecule has 1 saturated heterocycles. The number of imidazole rings is 2. The van der Waals surface area contributed by atoms with Crippen molar-refractivity contribution in [1.82, 2.24) is 60.9 Å². The molecule has 0 saturated carbocycles. The van der Waals surface area contributed by atoms with E-state index in [4.69, 9.17) is 40.3 Å². The first kappa shape index (κ1) is 93.3. The Morgan fingerprint density at radius 1 is 0.449 bits per heavy atom. The number of imide groups is 1. The van der Waals surface area contributed by atoms with Crippen LogP contribution in [0.5, 0.6) is 23.3 Å². The number of nitrogens with one attached hydrogen (secondary N) is 7. The van der Waals surface area contributed by atoms with Gasteiger partial charge >= 0.3 is 17.9 Å². The smallest absolute Gasteiger partial charge is 0.336 e. The molecule has 0 radical (unpaired) electrons. The van der Waals surface area contributed by atoms with Crippen molar-refractivity contribution >= 4 is 150 Å². The molecular formula is C96H81N17O21S2. The molecule has 0 bridgehead atoms. The van der Waals surface area contributed by atoms with Gasteiger partial charge < -0.3 is 97.3 Å². The number of carboxylic acids is 2. The monoisotopic (exact) mass is 1870 g/mol. The Bertz CT molecular complexity index is 7330. The Kier molecular flexibility index (Phi) is 29.3. The molecule has 0 spiro atoms. The first-order valence-electron chi connectivity index (χ1n) is 41.7. The maximum absolute atomic E-state index is 12.8. The van der Waals surface area contributed by atoms with Gasteiger partial charge in [0.25, 0.3) is 23.6 Å². The van der Waals surface area contributed by atoms with Crippen LogP contribution in [0.15, 0.2) is 237 Å². The number of hydrogen-bond donors (Lipinski definition) is 14. The number of rotatable bonds is 32. The maximum Gasteiger partial charge on any atom is 0.336 e. The molecule has 40 heteroatoms. The molecule has 1 fully saturated rings. The van der Waals surface area contributed by atoms with Gasteiger partial charge in [-0.25, -0.2) is 24.4 Å². The normalized spacial score (nSPS) is 11.7. The fourth-order valence-electron chi connectivity index (χ4n) is 14.3. The van der Waals surface area contributed by atoms with Crippen molar-refractivity contribution in [2.75, 3.05) is 45.1 Å². The van der Waals surface area contributed by atoms with Gasteiger partial charge in [-0.3, -0.25) is 43.2 Å². The molecule has 136 heavy (non-hydrogen) atoms. The summed E-state index contributed by atoms with van der Waals surface area (Å²) in [5.41, 5.74) is 28.4. The molecule has 7 amide bonds. The quantitative estimate of drug-likeness (QED) is 0.0106. The van der Waals surface area contributed by atoms with Crippen LogP contribution >= 0.6 is 23.5 Å². The minimum Gasteiger partial charge on any atom is -0.508 e. The fourth-order valence-corrected chi connectivity index (χ4v) is 15.7. The van der Waals surface area contributed by atoms with Crippen LogP contribution in [0.2, 0.25) is 0 Å². The second-order valence-electron chi connectivity index (χ2n) is 30.4. The van der Waals surface area contributed by atoms with Crippen LogP contribution in [0.1, 0.15) is 100 Å². The summed E-state index contributed by atoms with van der Waals surface area (Å²) in [5, 5.41) is 55.8. The lowest BCUT2D eigenvalue weighted by atomic mass is 9.90. The van der Waals surface area contributed by atoms with Gasteiger partial charge in [0.1, 0.15) is 58.4 Å². The van der Waals surface area contributed by atoms with E-state index in [1.54, 1.807) is 66.7 Å². The molecule has 0 unspecified atom stereocenters. The van der Waals surface area contributed by atoms with Crippen molar-refractivity contribution < 1.29 is 91.5 Å². The van der Waals surface area contributed by atoms with E-state index in [1.165, 1.54) is 103 Å². The number of nitrogen functional groups attached to an aromatic ring is 2. The molecule has 0 atom stereocenters. The van der Waals surface area contributed by atoms with Crippen LogP contribution in [0.25, 0.3) is 89.2 Å². The molecule has 12 aromatic rings. The highest BCUT2D eigenvalue weighted by molar-refractivity contribution is 8.00. The Morgan fingerprint density at radius 3 is 1.29 bits per heavy atom. The van der Waals surface area contributed by atoms with E-state index in [0.717, 1.165) is 45.1 Å². The second kappa shape index (κ2) is 42.7. The van der Waals surface area contributed by atoms with E-state index >= 15 is 0 Å². The summed E-state index contributed by atoms with van der Waals surface area (Å²) in [4.78, 5) is 182.